The maximum Gasteiger partial charge on any atom is 0.264 e. The predicted molar refractivity (Wildman–Crippen MR) is 47.2 cm³/mol. The first-order valence-corrected chi connectivity index (χ1v) is 3.56. The van der Waals surface area contributed by atoms with Gasteiger partial charge >= 0.3 is 0 Å². The predicted octanol–water partition coefficient (Wildman–Crippen LogP) is -0.666. The van der Waals surface area contributed by atoms with E-state index < -0.39 is 5.91 Å². The second-order valence-electron chi connectivity index (χ2n) is 2.43. The van der Waals surface area contributed by atoms with Gasteiger partial charge in [0.25, 0.3) is 5.91 Å². The minimum atomic E-state index is -0.475. The topological polar surface area (TPSA) is 58.9 Å². The maximum absolute atomic E-state index is 10.7. The second kappa shape index (κ2) is 2.62. The molecule has 1 amide bonds. The first kappa shape index (κ1) is 8.20. The fourth-order valence-electron chi connectivity index (χ4n) is 0.974. The van der Waals surface area contributed by atoms with Crippen LogP contribution >= 0.6 is 11.6 Å². The van der Waals surface area contributed by atoms with Crippen LogP contribution in [0.3, 0.4) is 0 Å². The minimum absolute atomic E-state index is 0.396. The monoisotopic (exact) mass is 170 g/mol. The Morgan fingerprint density at radius 3 is 2.45 bits per heavy atom. The fraction of sp³-hybridized carbons (Fsp3) is 0.167. The standard InChI is InChI=1S/C6H8BClN2O/c1-2-4(8)3(7)5(10-2)6(9)11/h10H,7H2,1H3,(H2,9,11). The molecule has 1 heterocycles. The van der Waals surface area contributed by atoms with E-state index in [4.69, 9.17) is 17.3 Å². The molecule has 0 aliphatic rings. The van der Waals surface area contributed by atoms with E-state index in [1.54, 1.807) is 14.8 Å². The molecule has 0 unspecified atom stereocenters. The molecule has 1 aromatic rings. The molecule has 58 valence electrons. The van der Waals surface area contributed by atoms with Crippen molar-refractivity contribution in [1.82, 2.24) is 4.98 Å². The zero-order chi connectivity index (χ0) is 8.59. The molecule has 11 heavy (non-hydrogen) atoms. The smallest absolute Gasteiger partial charge is 0.264 e. The summed E-state index contributed by atoms with van der Waals surface area (Å²) in [7, 11) is 1.76. The number of carbonyl (C=O) groups is 1. The third-order valence-corrected chi connectivity index (χ3v) is 2.16. The summed E-state index contributed by atoms with van der Waals surface area (Å²) in [5.41, 5.74) is 6.96. The number of nitrogens with two attached hydrogens (primary N) is 1. The number of amides is 1. The Morgan fingerprint density at radius 2 is 2.27 bits per heavy atom. The highest BCUT2D eigenvalue weighted by atomic mass is 35.5. The molecule has 0 aliphatic carbocycles. The summed E-state index contributed by atoms with van der Waals surface area (Å²) in [5.74, 6) is -0.475. The molecule has 1 aromatic heterocycles. The third-order valence-electron chi connectivity index (χ3n) is 1.59. The van der Waals surface area contributed by atoms with Crippen LogP contribution < -0.4 is 11.2 Å². The van der Waals surface area contributed by atoms with E-state index in [1.165, 1.54) is 0 Å². The van der Waals surface area contributed by atoms with E-state index in [0.29, 0.717) is 10.7 Å². The molecular weight excluding hydrogens is 162 g/mol. The van der Waals surface area contributed by atoms with Crippen LogP contribution in [0.15, 0.2) is 0 Å². The summed E-state index contributed by atoms with van der Waals surface area (Å²) < 4.78 is 0. The lowest BCUT2D eigenvalue weighted by Crippen LogP contribution is -2.20. The molecule has 0 spiro atoms. The van der Waals surface area contributed by atoms with Crippen LogP contribution in [0.25, 0.3) is 0 Å². The molecule has 1 rings (SSSR count). The highest BCUT2D eigenvalue weighted by Gasteiger charge is 2.12. The van der Waals surface area contributed by atoms with Gasteiger partial charge < -0.3 is 10.7 Å². The number of halogens is 1. The van der Waals surface area contributed by atoms with E-state index in [1.807, 2.05) is 0 Å². The van der Waals surface area contributed by atoms with Crippen molar-refractivity contribution in [1.29, 1.82) is 0 Å². The summed E-state index contributed by atoms with van der Waals surface area (Å²) in [6, 6.07) is 0. The maximum atomic E-state index is 10.7. The van der Waals surface area contributed by atoms with Gasteiger partial charge in [-0.2, -0.15) is 0 Å². The van der Waals surface area contributed by atoms with E-state index >= 15 is 0 Å². The Labute approximate surface area is 70.3 Å². The van der Waals surface area contributed by atoms with Crippen molar-refractivity contribution >= 4 is 30.8 Å². The van der Waals surface area contributed by atoms with Gasteiger partial charge in [-0.3, -0.25) is 4.79 Å². The average Bonchev–Trinajstić information content (AvgIpc) is 2.17. The SMILES string of the molecule is Bc1c(C(N)=O)[nH]c(C)c1Cl. The summed E-state index contributed by atoms with van der Waals surface area (Å²) in [6.45, 7) is 1.79. The van der Waals surface area contributed by atoms with Gasteiger partial charge in [0.2, 0.25) is 0 Å². The lowest BCUT2D eigenvalue weighted by atomic mass is 9.96. The van der Waals surface area contributed by atoms with E-state index in [0.717, 1.165) is 11.2 Å². The number of aryl methyl sites for hydroxylation is 1. The van der Waals surface area contributed by atoms with Crippen molar-refractivity contribution in [3.8, 4) is 0 Å². The lowest BCUT2D eigenvalue weighted by Gasteiger charge is -1.90. The first-order valence-electron chi connectivity index (χ1n) is 3.18. The third kappa shape index (κ3) is 1.26. The van der Waals surface area contributed by atoms with Crippen molar-refractivity contribution in [3.05, 3.63) is 16.4 Å². The average molecular weight is 170 g/mol. The molecule has 0 aliphatic heterocycles. The molecule has 3 N–H and O–H groups in total. The first-order chi connectivity index (χ1) is 5.04. The number of nitrogens with one attached hydrogen (secondary N) is 1. The van der Waals surface area contributed by atoms with Crippen LogP contribution in [0.5, 0.6) is 0 Å². The summed E-state index contributed by atoms with van der Waals surface area (Å²) in [5, 5.41) is 0.582. The van der Waals surface area contributed by atoms with Crippen LogP contribution in [-0.2, 0) is 0 Å². The van der Waals surface area contributed by atoms with Gasteiger partial charge in [0.15, 0.2) is 0 Å². The number of aromatic nitrogens is 1. The number of aromatic amines is 1. The zero-order valence-electron chi connectivity index (χ0n) is 6.36. The molecule has 5 heteroatoms. The zero-order valence-corrected chi connectivity index (χ0v) is 7.12. The Balaban J connectivity index is 3.29. The van der Waals surface area contributed by atoms with Gasteiger partial charge in [-0.15, -0.1) is 0 Å². The molecule has 0 saturated carbocycles. The fourth-order valence-corrected chi connectivity index (χ4v) is 1.12. The van der Waals surface area contributed by atoms with Crippen LogP contribution in [0, 0.1) is 6.92 Å². The van der Waals surface area contributed by atoms with Crippen LogP contribution in [0.2, 0.25) is 5.02 Å². The molecule has 0 bridgehead atoms. The van der Waals surface area contributed by atoms with Crippen LogP contribution in [0.1, 0.15) is 16.2 Å². The van der Waals surface area contributed by atoms with Crippen molar-refractivity contribution in [2.75, 3.05) is 0 Å². The van der Waals surface area contributed by atoms with Crippen molar-refractivity contribution in [3.63, 3.8) is 0 Å². The van der Waals surface area contributed by atoms with Crippen LogP contribution in [0.4, 0.5) is 0 Å². The molecule has 3 nitrogen and oxygen atoms in total. The Kier molecular flexibility index (Phi) is 1.96. The Morgan fingerprint density at radius 1 is 1.73 bits per heavy atom. The number of primary amides is 1. The minimum Gasteiger partial charge on any atom is -0.364 e. The van der Waals surface area contributed by atoms with E-state index in [9.17, 15) is 4.79 Å². The summed E-state index contributed by atoms with van der Waals surface area (Å²) in [6.07, 6.45) is 0. The second-order valence-corrected chi connectivity index (χ2v) is 2.81. The largest absolute Gasteiger partial charge is 0.364 e. The quantitative estimate of drug-likeness (QED) is 0.540. The van der Waals surface area contributed by atoms with Crippen molar-refractivity contribution in [2.45, 2.75) is 6.92 Å². The van der Waals surface area contributed by atoms with Gasteiger partial charge in [-0.05, 0) is 12.4 Å². The Hall–Kier alpha value is -0.895. The van der Waals surface area contributed by atoms with E-state index in [-0.39, 0.29) is 0 Å². The van der Waals surface area contributed by atoms with Crippen molar-refractivity contribution < 1.29 is 4.79 Å². The number of H-pyrrole nitrogens is 1. The normalized spacial score (nSPS) is 10.0. The number of rotatable bonds is 1. The highest BCUT2D eigenvalue weighted by molar-refractivity contribution is 6.47. The molecule has 0 radical (unpaired) electrons. The van der Waals surface area contributed by atoms with Gasteiger partial charge in [0.1, 0.15) is 7.85 Å². The molecular formula is C6H8BClN2O. The lowest BCUT2D eigenvalue weighted by molar-refractivity contribution is 0.0997. The molecule has 0 atom stereocenters. The Bertz CT molecular complexity index is 308. The number of carbonyl (C=O) groups excluding carboxylic acids is 1. The summed E-state index contributed by atoms with van der Waals surface area (Å²) >= 11 is 5.80. The van der Waals surface area contributed by atoms with Gasteiger partial charge in [0.05, 0.1) is 10.7 Å². The summed E-state index contributed by atoms with van der Waals surface area (Å²) in [4.78, 5) is 13.5. The highest BCUT2D eigenvalue weighted by Crippen LogP contribution is 2.11. The molecule has 0 fully saturated rings. The molecule has 0 saturated heterocycles. The van der Waals surface area contributed by atoms with Gasteiger partial charge in [-0.1, -0.05) is 11.6 Å². The van der Waals surface area contributed by atoms with Gasteiger partial charge in [-0.25, -0.2) is 0 Å². The van der Waals surface area contributed by atoms with Crippen molar-refractivity contribution in [2.24, 2.45) is 5.73 Å². The number of hydrogen-bond donors (Lipinski definition) is 2. The number of hydrogen-bond acceptors (Lipinski definition) is 1. The van der Waals surface area contributed by atoms with E-state index in [2.05, 4.69) is 4.98 Å². The van der Waals surface area contributed by atoms with Gasteiger partial charge in [0, 0.05) is 5.69 Å². The van der Waals surface area contributed by atoms with Crippen LogP contribution in [-0.4, -0.2) is 18.7 Å². The molecule has 0 aromatic carbocycles.